The van der Waals surface area contributed by atoms with Crippen molar-refractivity contribution in [1.29, 1.82) is 0 Å². The SMILES string of the molecule is CC1CCN(C(C)C2CC3CCC2C3)CCC(C)N1. The lowest BCUT2D eigenvalue weighted by molar-refractivity contribution is 0.102. The van der Waals surface area contributed by atoms with Crippen LogP contribution < -0.4 is 5.32 Å². The molecule has 19 heavy (non-hydrogen) atoms. The van der Waals surface area contributed by atoms with Gasteiger partial charge in [-0.15, -0.1) is 0 Å². The maximum absolute atomic E-state index is 3.71. The van der Waals surface area contributed by atoms with Crippen LogP contribution in [0.15, 0.2) is 0 Å². The average molecular weight is 264 g/mol. The van der Waals surface area contributed by atoms with Gasteiger partial charge in [0.15, 0.2) is 0 Å². The first kappa shape index (κ1) is 13.9. The van der Waals surface area contributed by atoms with Gasteiger partial charge in [0.25, 0.3) is 0 Å². The highest BCUT2D eigenvalue weighted by Crippen LogP contribution is 2.50. The van der Waals surface area contributed by atoms with Gasteiger partial charge in [-0.2, -0.15) is 0 Å². The van der Waals surface area contributed by atoms with Crippen LogP contribution in [0.4, 0.5) is 0 Å². The quantitative estimate of drug-likeness (QED) is 0.823. The lowest BCUT2D eigenvalue weighted by Gasteiger charge is -2.39. The zero-order chi connectivity index (χ0) is 13.4. The smallest absolute Gasteiger partial charge is 0.00979 e. The Kier molecular flexibility index (Phi) is 4.19. The molecule has 1 aliphatic heterocycles. The summed E-state index contributed by atoms with van der Waals surface area (Å²) in [6, 6.07) is 2.20. The van der Waals surface area contributed by atoms with E-state index in [4.69, 9.17) is 0 Å². The molecule has 2 heteroatoms. The standard InChI is InChI=1S/C17H32N2/c1-12-6-8-19(9-7-13(2)18-12)14(3)17-11-15-4-5-16(17)10-15/h12-18H,4-11H2,1-3H3. The summed E-state index contributed by atoms with van der Waals surface area (Å²) < 4.78 is 0. The summed E-state index contributed by atoms with van der Waals surface area (Å²) in [6.45, 7) is 9.83. The Morgan fingerprint density at radius 3 is 2.16 bits per heavy atom. The average Bonchev–Trinajstić information content (AvgIpc) is 2.98. The molecule has 2 saturated carbocycles. The van der Waals surface area contributed by atoms with Crippen LogP contribution in [-0.2, 0) is 0 Å². The molecule has 0 radical (unpaired) electrons. The fourth-order valence-electron chi connectivity index (χ4n) is 5.05. The minimum Gasteiger partial charge on any atom is -0.312 e. The van der Waals surface area contributed by atoms with Crippen LogP contribution in [0.3, 0.4) is 0 Å². The van der Waals surface area contributed by atoms with E-state index < -0.39 is 0 Å². The van der Waals surface area contributed by atoms with E-state index in [0.717, 1.165) is 23.8 Å². The van der Waals surface area contributed by atoms with Crippen LogP contribution in [0, 0.1) is 17.8 Å². The molecule has 1 heterocycles. The molecule has 3 rings (SSSR count). The van der Waals surface area contributed by atoms with Gasteiger partial charge in [-0.25, -0.2) is 0 Å². The highest BCUT2D eigenvalue weighted by molar-refractivity contribution is 4.95. The first-order chi connectivity index (χ1) is 9.13. The molecule has 1 saturated heterocycles. The van der Waals surface area contributed by atoms with Crippen molar-refractivity contribution in [3.63, 3.8) is 0 Å². The Morgan fingerprint density at radius 2 is 1.63 bits per heavy atom. The van der Waals surface area contributed by atoms with E-state index >= 15 is 0 Å². The summed E-state index contributed by atoms with van der Waals surface area (Å²) in [6.07, 6.45) is 8.78. The minimum atomic E-state index is 0.685. The molecule has 2 bridgehead atoms. The number of hydrogen-bond acceptors (Lipinski definition) is 2. The Morgan fingerprint density at radius 1 is 0.947 bits per heavy atom. The van der Waals surface area contributed by atoms with Crippen LogP contribution in [-0.4, -0.2) is 36.1 Å². The number of nitrogens with one attached hydrogen (secondary N) is 1. The second kappa shape index (κ2) is 5.73. The maximum Gasteiger partial charge on any atom is 0.00979 e. The second-order valence-corrected chi connectivity index (χ2v) is 7.66. The van der Waals surface area contributed by atoms with Crippen molar-refractivity contribution in [2.24, 2.45) is 17.8 Å². The summed E-state index contributed by atoms with van der Waals surface area (Å²) >= 11 is 0. The molecule has 6 unspecified atom stereocenters. The zero-order valence-corrected chi connectivity index (χ0v) is 13.1. The van der Waals surface area contributed by atoms with Crippen LogP contribution in [0.2, 0.25) is 0 Å². The third-order valence-electron chi connectivity index (χ3n) is 6.26. The summed E-state index contributed by atoms with van der Waals surface area (Å²) in [4.78, 5) is 2.82. The molecule has 0 aromatic carbocycles. The second-order valence-electron chi connectivity index (χ2n) is 7.66. The van der Waals surface area contributed by atoms with E-state index in [-0.39, 0.29) is 0 Å². The van der Waals surface area contributed by atoms with Gasteiger partial charge >= 0.3 is 0 Å². The largest absolute Gasteiger partial charge is 0.312 e. The Labute approximate surface area is 119 Å². The number of nitrogens with zero attached hydrogens (tertiary/aromatic N) is 1. The van der Waals surface area contributed by atoms with E-state index in [9.17, 15) is 0 Å². The van der Waals surface area contributed by atoms with Gasteiger partial charge in [0.2, 0.25) is 0 Å². The first-order valence-electron chi connectivity index (χ1n) is 8.63. The highest BCUT2D eigenvalue weighted by atomic mass is 15.2. The van der Waals surface area contributed by atoms with Gasteiger partial charge in [0.05, 0.1) is 0 Å². The van der Waals surface area contributed by atoms with Gasteiger partial charge in [0, 0.05) is 18.1 Å². The van der Waals surface area contributed by atoms with Gasteiger partial charge in [0.1, 0.15) is 0 Å². The Bertz CT molecular complexity index is 292. The molecule has 3 fully saturated rings. The molecule has 0 aromatic heterocycles. The van der Waals surface area contributed by atoms with E-state index in [1.54, 1.807) is 6.42 Å². The van der Waals surface area contributed by atoms with E-state index in [0.29, 0.717) is 12.1 Å². The number of rotatable bonds is 2. The number of hydrogen-bond donors (Lipinski definition) is 1. The predicted octanol–water partition coefficient (Wildman–Crippen LogP) is 3.27. The van der Waals surface area contributed by atoms with Crippen LogP contribution in [0.1, 0.15) is 59.3 Å². The summed E-state index contributed by atoms with van der Waals surface area (Å²) in [5, 5.41) is 3.71. The maximum atomic E-state index is 3.71. The Hall–Kier alpha value is -0.0800. The van der Waals surface area contributed by atoms with E-state index in [1.165, 1.54) is 45.2 Å². The Balaban J connectivity index is 1.60. The van der Waals surface area contributed by atoms with Crippen molar-refractivity contribution in [3.8, 4) is 0 Å². The van der Waals surface area contributed by atoms with Gasteiger partial charge in [-0.3, -0.25) is 0 Å². The molecule has 6 atom stereocenters. The normalized spacial score (nSPS) is 45.9. The predicted molar refractivity (Wildman–Crippen MR) is 81.3 cm³/mol. The van der Waals surface area contributed by atoms with Crippen LogP contribution in [0.5, 0.6) is 0 Å². The van der Waals surface area contributed by atoms with Crippen molar-refractivity contribution in [2.45, 2.75) is 77.4 Å². The summed E-state index contributed by atoms with van der Waals surface area (Å²) in [5.74, 6) is 3.17. The fraction of sp³-hybridized carbons (Fsp3) is 1.00. The molecular weight excluding hydrogens is 232 g/mol. The molecule has 2 nitrogen and oxygen atoms in total. The molecule has 0 aromatic rings. The molecule has 2 aliphatic carbocycles. The van der Waals surface area contributed by atoms with Crippen molar-refractivity contribution < 1.29 is 0 Å². The van der Waals surface area contributed by atoms with E-state index in [2.05, 4.69) is 31.0 Å². The molecule has 0 amide bonds. The molecular formula is C17H32N2. The number of fused-ring (bicyclic) bond motifs is 2. The van der Waals surface area contributed by atoms with Gasteiger partial charge in [-0.05, 0) is 83.7 Å². The summed E-state index contributed by atoms with van der Waals surface area (Å²) in [5.41, 5.74) is 0. The first-order valence-corrected chi connectivity index (χ1v) is 8.63. The van der Waals surface area contributed by atoms with Crippen LogP contribution >= 0.6 is 0 Å². The van der Waals surface area contributed by atoms with Gasteiger partial charge in [-0.1, -0.05) is 6.42 Å². The monoisotopic (exact) mass is 264 g/mol. The van der Waals surface area contributed by atoms with Crippen LogP contribution in [0.25, 0.3) is 0 Å². The van der Waals surface area contributed by atoms with Crippen molar-refractivity contribution in [3.05, 3.63) is 0 Å². The lowest BCUT2D eigenvalue weighted by atomic mass is 9.83. The van der Waals surface area contributed by atoms with Gasteiger partial charge < -0.3 is 10.2 Å². The molecule has 110 valence electrons. The van der Waals surface area contributed by atoms with Crippen molar-refractivity contribution in [2.75, 3.05) is 13.1 Å². The highest BCUT2D eigenvalue weighted by Gasteiger charge is 2.43. The van der Waals surface area contributed by atoms with Crippen molar-refractivity contribution in [1.82, 2.24) is 10.2 Å². The fourth-order valence-corrected chi connectivity index (χ4v) is 5.05. The molecule has 0 spiro atoms. The topological polar surface area (TPSA) is 15.3 Å². The molecule has 3 aliphatic rings. The van der Waals surface area contributed by atoms with E-state index in [1.807, 2.05) is 0 Å². The zero-order valence-electron chi connectivity index (χ0n) is 13.1. The summed E-state index contributed by atoms with van der Waals surface area (Å²) in [7, 11) is 0. The third-order valence-corrected chi connectivity index (χ3v) is 6.26. The van der Waals surface area contributed by atoms with Crippen molar-refractivity contribution >= 4 is 0 Å². The lowest BCUT2D eigenvalue weighted by Crippen LogP contribution is -2.48. The molecule has 1 N–H and O–H groups in total. The minimum absolute atomic E-state index is 0.685. The third kappa shape index (κ3) is 3.00.